The number of amides is 1. The molecule has 1 saturated heterocycles. The fraction of sp³-hybridized carbons (Fsp3) is 0.677. The van der Waals surface area contributed by atoms with Crippen LogP contribution >= 0.6 is 11.3 Å². The van der Waals surface area contributed by atoms with Crippen molar-refractivity contribution in [2.75, 3.05) is 26.2 Å². The highest BCUT2D eigenvalue weighted by Gasteiger charge is 2.35. The van der Waals surface area contributed by atoms with Crippen LogP contribution in [0.5, 0.6) is 0 Å². The molecule has 1 atom stereocenters. The van der Waals surface area contributed by atoms with Gasteiger partial charge in [-0.3, -0.25) is 9.59 Å². The normalized spacial score (nSPS) is 21.8. The molecule has 2 aromatic heterocycles. The first-order valence-electron chi connectivity index (χ1n) is 14.5. The number of nitrogens with zero attached hydrogens (tertiary/aromatic N) is 2. The summed E-state index contributed by atoms with van der Waals surface area (Å²) in [4.78, 5) is 36.7. The van der Waals surface area contributed by atoms with E-state index in [0.29, 0.717) is 35.9 Å². The van der Waals surface area contributed by atoms with E-state index < -0.39 is 0 Å². The van der Waals surface area contributed by atoms with E-state index >= 15 is 0 Å². The minimum absolute atomic E-state index is 0.0700. The summed E-state index contributed by atoms with van der Waals surface area (Å²) >= 11 is 1.89. The number of fused-ring (bicyclic) bond motifs is 1. The number of hydrogen-bond donors (Lipinski definition) is 1. The topological polar surface area (TPSA) is 56.4 Å². The van der Waals surface area contributed by atoms with Crippen LogP contribution in [-0.2, 0) is 13.0 Å². The van der Waals surface area contributed by atoms with Crippen molar-refractivity contribution < 1.29 is 4.79 Å². The van der Waals surface area contributed by atoms with E-state index in [1.165, 1.54) is 73.5 Å². The van der Waals surface area contributed by atoms with E-state index in [-0.39, 0.29) is 11.5 Å². The van der Waals surface area contributed by atoms with Crippen molar-refractivity contribution in [3.05, 3.63) is 54.1 Å². The lowest BCUT2D eigenvalue weighted by atomic mass is 9.81. The highest BCUT2D eigenvalue weighted by atomic mass is 32.1. The average molecular weight is 524 g/mol. The first kappa shape index (κ1) is 26.7. The van der Waals surface area contributed by atoms with E-state index in [1.807, 2.05) is 36.2 Å². The SMILES string of the molecule is Cc1cc(C)c(CN2CCCc3sc(C(C)C4CCN(CC5(C)CCCC5)CC4)c(C)c3C2=O)c(=O)[nH]1. The summed E-state index contributed by atoms with van der Waals surface area (Å²) < 4.78 is 0. The molecule has 2 fully saturated rings. The minimum atomic E-state index is -0.0700. The number of carbonyl (C=O) groups is 1. The molecule has 5 rings (SSSR count). The number of carbonyl (C=O) groups excluding carboxylic acids is 1. The predicted molar refractivity (Wildman–Crippen MR) is 153 cm³/mol. The summed E-state index contributed by atoms with van der Waals surface area (Å²) in [7, 11) is 0. The number of H-pyrrole nitrogens is 1. The van der Waals surface area contributed by atoms with Crippen molar-refractivity contribution in [3.63, 3.8) is 0 Å². The van der Waals surface area contributed by atoms with Crippen LogP contribution in [0, 0.1) is 32.1 Å². The highest BCUT2D eigenvalue weighted by Crippen LogP contribution is 2.43. The van der Waals surface area contributed by atoms with Gasteiger partial charge < -0.3 is 14.8 Å². The smallest absolute Gasteiger partial charge is 0.255 e. The second-order valence-corrected chi connectivity index (χ2v) is 13.7. The van der Waals surface area contributed by atoms with Crippen molar-refractivity contribution in [2.24, 2.45) is 11.3 Å². The van der Waals surface area contributed by atoms with Gasteiger partial charge in [-0.1, -0.05) is 26.7 Å². The Morgan fingerprint density at radius 1 is 1.08 bits per heavy atom. The number of hydrogen-bond acceptors (Lipinski definition) is 4. The van der Waals surface area contributed by atoms with Crippen molar-refractivity contribution in [1.29, 1.82) is 0 Å². The molecule has 202 valence electrons. The van der Waals surface area contributed by atoms with Gasteiger partial charge in [0.1, 0.15) is 0 Å². The Morgan fingerprint density at radius 3 is 2.46 bits per heavy atom. The number of pyridine rings is 1. The molecule has 0 aromatic carbocycles. The lowest BCUT2D eigenvalue weighted by Crippen LogP contribution is -2.40. The van der Waals surface area contributed by atoms with Crippen LogP contribution in [0.15, 0.2) is 10.9 Å². The number of nitrogens with one attached hydrogen (secondary N) is 1. The minimum Gasteiger partial charge on any atom is -0.334 e. The van der Waals surface area contributed by atoms with Gasteiger partial charge in [0.2, 0.25) is 0 Å². The molecule has 6 heteroatoms. The van der Waals surface area contributed by atoms with Crippen molar-refractivity contribution in [3.8, 4) is 0 Å². The highest BCUT2D eigenvalue weighted by molar-refractivity contribution is 7.12. The van der Waals surface area contributed by atoms with Gasteiger partial charge in [0.05, 0.1) is 12.1 Å². The fourth-order valence-electron chi connectivity index (χ4n) is 7.34. The third-order valence-corrected chi connectivity index (χ3v) is 11.2. The van der Waals surface area contributed by atoms with Crippen molar-refractivity contribution in [1.82, 2.24) is 14.8 Å². The Morgan fingerprint density at radius 2 is 1.78 bits per heavy atom. The Labute approximate surface area is 226 Å². The van der Waals surface area contributed by atoms with Crippen LogP contribution in [0.1, 0.15) is 107 Å². The second-order valence-electron chi connectivity index (χ2n) is 12.6. The van der Waals surface area contributed by atoms with Gasteiger partial charge in [-0.25, -0.2) is 0 Å². The zero-order chi connectivity index (χ0) is 26.3. The van der Waals surface area contributed by atoms with Gasteiger partial charge in [0, 0.05) is 34.1 Å². The summed E-state index contributed by atoms with van der Waals surface area (Å²) in [5, 5.41) is 0. The lowest BCUT2D eigenvalue weighted by Gasteiger charge is -2.39. The number of thiophene rings is 1. The summed E-state index contributed by atoms with van der Waals surface area (Å²) in [5.41, 5.74) is 5.12. The molecule has 2 aliphatic heterocycles. The number of aromatic nitrogens is 1. The van der Waals surface area contributed by atoms with Crippen LogP contribution in [0.2, 0.25) is 0 Å². The monoisotopic (exact) mass is 523 g/mol. The molecule has 0 bridgehead atoms. The molecule has 4 heterocycles. The van der Waals surface area contributed by atoms with Gasteiger partial charge in [-0.05, 0) is 107 Å². The molecule has 5 nitrogen and oxygen atoms in total. The standard InChI is InChI=1S/C31H45N3O2S/c1-20-17-21(2)32-29(35)25(20)18-34-14-8-9-26-27(30(34)36)23(4)28(37-26)22(3)24-10-15-33(16-11-24)19-31(5)12-6-7-13-31/h17,22,24H,6-16,18-19H2,1-5H3,(H,32,35). The van der Waals surface area contributed by atoms with Gasteiger partial charge in [-0.15, -0.1) is 11.3 Å². The summed E-state index contributed by atoms with van der Waals surface area (Å²) in [6, 6.07) is 2.00. The summed E-state index contributed by atoms with van der Waals surface area (Å²) in [5.74, 6) is 1.29. The molecule has 1 saturated carbocycles. The Balaban J connectivity index is 1.29. The van der Waals surface area contributed by atoms with Crippen LogP contribution in [0.25, 0.3) is 0 Å². The van der Waals surface area contributed by atoms with E-state index in [4.69, 9.17) is 0 Å². The lowest BCUT2D eigenvalue weighted by molar-refractivity contribution is 0.0747. The molecule has 1 N–H and O–H groups in total. The molecular formula is C31H45N3O2S. The summed E-state index contributed by atoms with van der Waals surface area (Å²) in [6.07, 6.45) is 10.0. The van der Waals surface area contributed by atoms with Gasteiger partial charge in [0.15, 0.2) is 0 Å². The number of aromatic amines is 1. The quantitative estimate of drug-likeness (QED) is 0.480. The number of aryl methyl sites for hydroxylation is 3. The maximum absolute atomic E-state index is 13.8. The zero-order valence-electron chi connectivity index (χ0n) is 23.5. The third kappa shape index (κ3) is 5.47. The Hall–Kier alpha value is -1.92. The van der Waals surface area contributed by atoms with E-state index in [0.717, 1.165) is 29.7 Å². The summed E-state index contributed by atoms with van der Waals surface area (Å²) in [6.45, 7) is 15.7. The molecule has 1 aliphatic carbocycles. The number of piperidine rings is 1. The number of rotatable bonds is 6. The predicted octanol–water partition coefficient (Wildman–Crippen LogP) is 6.35. The Bertz CT molecular complexity index is 1200. The van der Waals surface area contributed by atoms with E-state index in [1.54, 1.807) is 0 Å². The molecule has 0 spiro atoms. The van der Waals surface area contributed by atoms with Gasteiger partial charge >= 0.3 is 0 Å². The zero-order valence-corrected chi connectivity index (χ0v) is 24.4. The molecule has 0 radical (unpaired) electrons. The molecule has 1 amide bonds. The Kier molecular flexibility index (Phi) is 7.70. The molecule has 3 aliphatic rings. The first-order chi connectivity index (χ1) is 17.6. The van der Waals surface area contributed by atoms with Crippen LogP contribution < -0.4 is 5.56 Å². The fourth-order valence-corrected chi connectivity index (χ4v) is 8.83. The van der Waals surface area contributed by atoms with Gasteiger partial charge in [-0.2, -0.15) is 0 Å². The number of likely N-dealkylation sites (tertiary alicyclic amines) is 1. The maximum atomic E-state index is 13.8. The van der Waals surface area contributed by atoms with E-state index in [9.17, 15) is 9.59 Å². The third-order valence-electron chi connectivity index (χ3n) is 9.60. The molecule has 2 aromatic rings. The van der Waals surface area contributed by atoms with Crippen LogP contribution in [-0.4, -0.2) is 46.9 Å². The molecule has 1 unspecified atom stereocenters. The first-order valence-corrected chi connectivity index (χ1v) is 15.3. The molecule has 37 heavy (non-hydrogen) atoms. The van der Waals surface area contributed by atoms with E-state index in [2.05, 4.69) is 30.7 Å². The van der Waals surface area contributed by atoms with Gasteiger partial charge in [0.25, 0.3) is 11.5 Å². The van der Waals surface area contributed by atoms with Crippen molar-refractivity contribution >= 4 is 17.2 Å². The average Bonchev–Trinajstić information content (AvgIpc) is 3.37. The van der Waals surface area contributed by atoms with Crippen LogP contribution in [0.3, 0.4) is 0 Å². The molecular weight excluding hydrogens is 478 g/mol. The van der Waals surface area contributed by atoms with Crippen molar-refractivity contribution in [2.45, 2.75) is 98.4 Å². The largest absolute Gasteiger partial charge is 0.334 e. The maximum Gasteiger partial charge on any atom is 0.255 e. The second kappa shape index (κ2) is 10.7. The van der Waals surface area contributed by atoms with Crippen LogP contribution in [0.4, 0.5) is 0 Å².